The van der Waals surface area contributed by atoms with Crippen LogP contribution in [0.2, 0.25) is 0 Å². The molecule has 7 heteroatoms. The summed E-state index contributed by atoms with van der Waals surface area (Å²) in [5, 5.41) is 7.62. The van der Waals surface area contributed by atoms with Crippen LogP contribution in [-0.4, -0.2) is 41.6 Å². The minimum absolute atomic E-state index is 0.00772. The van der Waals surface area contributed by atoms with Gasteiger partial charge in [0, 0.05) is 37.6 Å². The summed E-state index contributed by atoms with van der Waals surface area (Å²) < 4.78 is 1.13. The molecule has 0 unspecified atom stereocenters. The number of piperidine rings is 1. The van der Waals surface area contributed by atoms with Gasteiger partial charge in [0.1, 0.15) is 11.6 Å². The summed E-state index contributed by atoms with van der Waals surface area (Å²) in [6, 6.07) is 6.38. The predicted octanol–water partition coefficient (Wildman–Crippen LogP) is 6.36. The van der Waals surface area contributed by atoms with Gasteiger partial charge in [-0.3, -0.25) is 14.4 Å². The first-order valence-corrected chi connectivity index (χ1v) is 16.1. The minimum Gasteiger partial charge on any atom is -0.353 e. The summed E-state index contributed by atoms with van der Waals surface area (Å²) in [7, 11) is 0. The molecule has 1 saturated heterocycles. The van der Waals surface area contributed by atoms with E-state index in [-0.39, 0.29) is 30.1 Å². The molecule has 1 saturated carbocycles. The van der Waals surface area contributed by atoms with Crippen LogP contribution in [-0.2, 0) is 20.8 Å². The van der Waals surface area contributed by atoms with Gasteiger partial charge >= 0.3 is 0 Å². The van der Waals surface area contributed by atoms with Crippen molar-refractivity contribution in [1.29, 1.82) is 0 Å². The van der Waals surface area contributed by atoms with Crippen LogP contribution in [0.4, 0.5) is 0 Å². The molecule has 4 rings (SSSR count). The Bertz CT molecular complexity index is 1120. The van der Waals surface area contributed by atoms with Crippen LogP contribution >= 0.6 is 11.3 Å². The van der Waals surface area contributed by atoms with Gasteiger partial charge in [0.2, 0.25) is 5.91 Å². The van der Waals surface area contributed by atoms with Crippen molar-refractivity contribution >= 4 is 39.0 Å². The summed E-state index contributed by atoms with van der Waals surface area (Å²) in [5.41, 5.74) is 2.24. The standard InChI is InChI=1S/C32H47N3O3S/c1-4-26(36)18-25(20-31-34-28-11-10-24(21(2)3)19-30(28)39-31)32(38)35-27(22-8-6-5-7-9-22)12-13-29(37)23-14-16-33-17-15-23/h10-11,19,21-23,25,27,33H,4-9,12-18,20H2,1-3H3,(H,35,38)/t25-,27+/m0/s1. The second-order valence-electron chi connectivity index (χ2n) is 12.0. The number of rotatable bonds is 13. The summed E-state index contributed by atoms with van der Waals surface area (Å²) in [4.78, 5) is 44.1. The van der Waals surface area contributed by atoms with Crippen LogP contribution < -0.4 is 10.6 Å². The quantitative estimate of drug-likeness (QED) is 0.301. The zero-order valence-electron chi connectivity index (χ0n) is 24.1. The Morgan fingerprint density at radius 3 is 2.51 bits per heavy atom. The number of nitrogens with one attached hydrogen (secondary N) is 2. The SMILES string of the molecule is CCC(=O)C[C@@H](Cc1nc2ccc(C(C)C)cc2s1)C(=O)N[C@H](CCC(=O)C1CCNCC1)C1CCCCC1. The van der Waals surface area contributed by atoms with Gasteiger partial charge in [0.25, 0.3) is 0 Å². The maximum atomic E-state index is 13.8. The van der Waals surface area contributed by atoms with Crippen LogP contribution in [0.3, 0.4) is 0 Å². The van der Waals surface area contributed by atoms with Gasteiger partial charge in [-0.2, -0.15) is 0 Å². The summed E-state index contributed by atoms with van der Waals surface area (Å²) >= 11 is 1.63. The molecule has 1 amide bonds. The van der Waals surface area contributed by atoms with E-state index in [4.69, 9.17) is 4.98 Å². The number of thiazole rings is 1. The highest BCUT2D eigenvalue weighted by atomic mass is 32.1. The van der Waals surface area contributed by atoms with Crippen molar-refractivity contribution in [1.82, 2.24) is 15.6 Å². The first-order chi connectivity index (χ1) is 18.8. The van der Waals surface area contributed by atoms with Gasteiger partial charge in [0.15, 0.2) is 0 Å². The van der Waals surface area contributed by atoms with Crippen LogP contribution in [0.1, 0.15) is 108 Å². The third kappa shape index (κ3) is 8.43. The molecule has 2 aromatic rings. The van der Waals surface area contributed by atoms with Crippen molar-refractivity contribution in [2.24, 2.45) is 17.8 Å². The number of carbonyl (C=O) groups is 3. The predicted molar refractivity (Wildman–Crippen MR) is 159 cm³/mol. The van der Waals surface area contributed by atoms with Gasteiger partial charge in [-0.15, -0.1) is 11.3 Å². The molecule has 2 aliphatic rings. The Hall–Kier alpha value is -2.12. The number of amides is 1. The molecule has 6 nitrogen and oxygen atoms in total. The third-order valence-corrected chi connectivity index (χ3v) is 9.87. The Labute approximate surface area is 238 Å². The lowest BCUT2D eigenvalue weighted by atomic mass is 9.80. The van der Waals surface area contributed by atoms with E-state index < -0.39 is 5.92 Å². The lowest BCUT2D eigenvalue weighted by molar-refractivity contribution is -0.130. The molecule has 1 aliphatic heterocycles. The summed E-state index contributed by atoms with van der Waals surface area (Å²) in [6.07, 6.45) is 10.0. The van der Waals surface area contributed by atoms with Crippen molar-refractivity contribution in [3.8, 4) is 0 Å². The highest BCUT2D eigenvalue weighted by molar-refractivity contribution is 7.18. The van der Waals surface area contributed by atoms with Gasteiger partial charge < -0.3 is 10.6 Å². The monoisotopic (exact) mass is 553 g/mol. The number of hydrogen-bond acceptors (Lipinski definition) is 6. The van der Waals surface area contributed by atoms with Crippen LogP contribution in [0.15, 0.2) is 18.2 Å². The number of fused-ring (bicyclic) bond motifs is 1. The van der Waals surface area contributed by atoms with Gasteiger partial charge in [-0.25, -0.2) is 4.98 Å². The fourth-order valence-corrected chi connectivity index (χ4v) is 7.33. The van der Waals surface area contributed by atoms with Crippen LogP contribution in [0.25, 0.3) is 10.2 Å². The van der Waals surface area contributed by atoms with E-state index in [9.17, 15) is 14.4 Å². The molecule has 0 bridgehead atoms. The summed E-state index contributed by atoms with van der Waals surface area (Å²) in [5.74, 6) is 0.965. The van der Waals surface area contributed by atoms with E-state index in [0.717, 1.165) is 54.0 Å². The molecular formula is C32H47N3O3S. The lowest BCUT2D eigenvalue weighted by Crippen LogP contribution is -2.45. The molecule has 1 aromatic carbocycles. The molecule has 214 valence electrons. The average molecular weight is 554 g/mol. The van der Waals surface area contributed by atoms with Gasteiger partial charge in [-0.05, 0) is 74.7 Å². The molecule has 2 heterocycles. The summed E-state index contributed by atoms with van der Waals surface area (Å²) in [6.45, 7) is 8.05. The number of hydrogen-bond donors (Lipinski definition) is 2. The van der Waals surface area contributed by atoms with E-state index in [1.165, 1.54) is 24.8 Å². The van der Waals surface area contributed by atoms with Gasteiger partial charge in [-0.1, -0.05) is 46.1 Å². The van der Waals surface area contributed by atoms with Crippen molar-refractivity contribution in [3.05, 3.63) is 28.8 Å². The van der Waals surface area contributed by atoms with E-state index >= 15 is 0 Å². The number of ketones is 2. The second kappa shape index (κ2) is 14.5. The number of nitrogens with zero attached hydrogens (tertiary/aromatic N) is 1. The Kier molecular flexibility index (Phi) is 11.1. The Morgan fingerprint density at radius 1 is 1.08 bits per heavy atom. The number of Topliss-reactive ketones (excluding diaryl/α,β-unsaturated/α-hetero) is 2. The second-order valence-corrected chi connectivity index (χ2v) is 13.1. The average Bonchev–Trinajstić information content (AvgIpc) is 3.37. The maximum absolute atomic E-state index is 13.8. The number of aromatic nitrogens is 1. The van der Waals surface area contributed by atoms with Crippen molar-refractivity contribution < 1.29 is 14.4 Å². The van der Waals surface area contributed by atoms with E-state index in [0.29, 0.717) is 43.3 Å². The molecule has 0 spiro atoms. The molecule has 1 aliphatic carbocycles. The topological polar surface area (TPSA) is 88.2 Å². The zero-order valence-corrected chi connectivity index (χ0v) is 24.9. The van der Waals surface area contributed by atoms with E-state index in [1.54, 1.807) is 11.3 Å². The molecule has 0 radical (unpaired) electrons. The Balaban J connectivity index is 1.47. The lowest BCUT2D eigenvalue weighted by Gasteiger charge is -2.32. The van der Waals surface area contributed by atoms with Gasteiger partial charge in [0.05, 0.1) is 21.1 Å². The number of benzene rings is 1. The fourth-order valence-electron chi connectivity index (χ4n) is 6.23. The molecule has 2 atom stereocenters. The maximum Gasteiger partial charge on any atom is 0.224 e. The fraction of sp³-hybridized carbons (Fsp3) is 0.688. The normalized spacial score (nSPS) is 18.8. The largest absolute Gasteiger partial charge is 0.353 e. The first-order valence-electron chi connectivity index (χ1n) is 15.3. The van der Waals surface area contributed by atoms with Crippen molar-refractivity contribution in [3.63, 3.8) is 0 Å². The molecule has 2 fully saturated rings. The molecule has 39 heavy (non-hydrogen) atoms. The van der Waals surface area contributed by atoms with Crippen LogP contribution in [0.5, 0.6) is 0 Å². The molecule has 2 N–H and O–H groups in total. The third-order valence-electron chi connectivity index (χ3n) is 8.83. The minimum atomic E-state index is -0.436. The number of carbonyl (C=O) groups excluding carboxylic acids is 3. The first kappa shape index (κ1) is 29.9. The van der Waals surface area contributed by atoms with E-state index in [1.807, 2.05) is 6.92 Å². The zero-order chi connectivity index (χ0) is 27.8. The smallest absolute Gasteiger partial charge is 0.224 e. The molecule has 1 aromatic heterocycles. The Morgan fingerprint density at radius 2 is 1.82 bits per heavy atom. The molecular weight excluding hydrogens is 506 g/mol. The highest BCUT2D eigenvalue weighted by Crippen LogP contribution is 2.31. The van der Waals surface area contributed by atoms with E-state index in [2.05, 4.69) is 42.7 Å². The van der Waals surface area contributed by atoms with Crippen molar-refractivity contribution in [2.75, 3.05) is 13.1 Å². The van der Waals surface area contributed by atoms with Crippen molar-refractivity contribution in [2.45, 2.75) is 110 Å². The highest BCUT2D eigenvalue weighted by Gasteiger charge is 2.31. The van der Waals surface area contributed by atoms with Crippen LogP contribution in [0, 0.1) is 17.8 Å².